The first-order chi connectivity index (χ1) is 15.0. The number of nitrogens with zero attached hydrogens (tertiary/aromatic N) is 3. The number of halogens is 1. The number of amides is 1. The fourth-order valence-corrected chi connectivity index (χ4v) is 4.37. The molecule has 0 spiro atoms. The number of likely N-dealkylation sites (N-methyl/N-ethyl adjacent to an activating group) is 1. The van der Waals surface area contributed by atoms with Gasteiger partial charge in [0.05, 0.1) is 12.1 Å². The van der Waals surface area contributed by atoms with Gasteiger partial charge in [0.1, 0.15) is 17.1 Å². The summed E-state index contributed by atoms with van der Waals surface area (Å²) in [6, 6.07) is 16.5. The van der Waals surface area contributed by atoms with E-state index in [-0.39, 0.29) is 19.0 Å². The highest BCUT2D eigenvalue weighted by atomic mass is 32.1. The predicted molar refractivity (Wildman–Crippen MR) is 120 cm³/mol. The number of para-hydroxylation sites is 1. The number of carbonyl (C=O) groups excluding carboxylic acids is 1. The molecule has 2 aromatic heterocycles. The first-order valence-electron chi connectivity index (χ1n) is 9.80. The van der Waals surface area contributed by atoms with Gasteiger partial charge in [0.2, 0.25) is 5.91 Å². The molecular weight excluding hydrogens is 417 g/mol. The molecule has 0 N–H and O–H groups in total. The van der Waals surface area contributed by atoms with E-state index >= 15 is 0 Å². The van der Waals surface area contributed by atoms with E-state index in [0.29, 0.717) is 22.3 Å². The van der Waals surface area contributed by atoms with Crippen molar-refractivity contribution in [3.8, 4) is 0 Å². The third-order valence-electron chi connectivity index (χ3n) is 5.07. The summed E-state index contributed by atoms with van der Waals surface area (Å²) in [5.41, 5.74) is 0.807. The number of aromatic nitrogens is 2. The number of carbonyl (C=O) groups is 1. The molecule has 0 radical (unpaired) electrons. The van der Waals surface area contributed by atoms with Gasteiger partial charge in [-0.3, -0.25) is 18.7 Å². The minimum absolute atomic E-state index is 0.00382. The normalized spacial score (nSPS) is 11.0. The Morgan fingerprint density at radius 1 is 1.00 bits per heavy atom. The van der Waals surface area contributed by atoms with Gasteiger partial charge in [0, 0.05) is 12.2 Å². The van der Waals surface area contributed by atoms with Crippen molar-refractivity contribution in [1.82, 2.24) is 9.13 Å². The summed E-state index contributed by atoms with van der Waals surface area (Å²) in [5.74, 6) is -0.649. The zero-order valence-electron chi connectivity index (χ0n) is 16.8. The molecule has 8 heteroatoms. The van der Waals surface area contributed by atoms with Crippen LogP contribution in [0.4, 0.5) is 10.1 Å². The van der Waals surface area contributed by atoms with Gasteiger partial charge in [-0.2, -0.15) is 0 Å². The molecule has 2 aromatic carbocycles. The molecule has 4 aromatic rings. The first-order valence-corrected chi connectivity index (χ1v) is 10.7. The number of rotatable bonds is 6. The Hall–Kier alpha value is -3.52. The number of hydrogen-bond acceptors (Lipinski definition) is 4. The van der Waals surface area contributed by atoms with Crippen molar-refractivity contribution >= 4 is 33.1 Å². The summed E-state index contributed by atoms with van der Waals surface area (Å²) in [5, 5.41) is 1.73. The van der Waals surface area contributed by atoms with E-state index in [1.165, 1.54) is 40.2 Å². The van der Waals surface area contributed by atoms with Crippen molar-refractivity contribution in [3.05, 3.63) is 98.3 Å². The second kappa shape index (κ2) is 8.69. The van der Waals surface area contributed by atoms with Crippen molar-refractivity contribution in [2.24, 2.45) is 0 Å². The van der Waals surface area contributed by atoms with Crippen LogP contribution in [0.15, 0.2) is 75.6 Å². The maximum atomic E-state index is 13.2. The van der Waals surface area contributed by atoms with Crippen LogP contribution in [0.2, 0.25) is 0 Å². The maximum absolute atomic E-state index is 13.2. The minimum atomic E-state index is -0.572. The van der Waals surface area contributed by atoms with Gasteiger partial charge in [-0.25, -0.2) is 9.18 Å². The molecule has 2 heterocycles. The van der Waals surface area contributed by atoms with Crippen LogP contribution in [0, 0.1) is 5.82 Å². The molecule has 0 aliphatic heterocycles. The number of benzene rings is 2. The molecule has 0 saturated carbocycles. The molecule has 0 aliphatic carbocycles. The summed E-state index contributed by atoms with van der Waals surface area (Å²) in [6.07, 6.45) is 0. The number of anilines is 1. The summed E-state index contributed by atoms with van der Waals surface area (Å²) < 4.78 is 16.1. The zero-order valence-corrected chi connectivity index (χ0v) is 17.6. The van der Waals surface area contributed by atoms with Crippen molar-refractivity contribution in [1.29, 1.82) is 0 Å². The average molecular weight is 437 g/mol. The van der Waals surface area contributed by atoms with Gasteiger partial charge in [0.15, 0.2) is 0 Å². The number of fused-ring (bicyclic) bond motifs is 1. The highest BCUT2D eigenvalue weighted by Crippen LogP contribution is 2.18. The van der Waals surface area contributed by atoms with Crippen LogP contribution in [-0.2, 0) is 17.9 Å². The van der Waals surface area contributed by atoms with Crippen molar-refractivity contribution < 1.29 is 9.18 Å². The van der Waals surface area contributed by atoms with Gasteiger partial charge in [0.25, 0.3) is 5.56 Å². The summed E-state index contributed by atoms with van der Waals surface area (Å²) >= 11 is 1.22. The Kier molecular flexibility index (Phi) is 5.81. The van der Waals surface area contributed by atoms with Crippen LogP contribution in [0.5, 0.6) is 0 Å². The molecule has 1 amide bonds. The van der Waals surface area contributed by atoms with Gasteiger partial charge < -0.3 is 4.90 Å². The molecule has 0 saturated heterocycles. The highest BCUT2D eigenvalue weighted by molar-refractivity contribution is 7.17. The lowest BCUT2D eigenvalue weighted by Gasteiger charge is -2.22. The van der Waals surface area contributed by atoms with E-state index in [0.717, 1.165) is 10.3 Å². The lowest BCUT2D eigenvalue weighted by atomic mass is 10.2. The number of hydrogen-bond donors (Lipinski definition) is 0. The molecule has 158 valence electrons. The fraction of sp³-hybridized carbons (Fsp3) is 0.174. The van der Waals surface area contributed by atoms with Crippen LogP contribution >= 0.6 is 11.3 Å². The SMILES string of the molecule is CCN(C(=O)Cn1c(=O)n(Cc2ccc(F)cc2)c(=O)c2sccc21)c1ccccc1. The van der Waals surface area contributed by atoms with Crippen molar-refractivity contribution in [3.63, 3.8) is 0 Å². The van der Waals surface area contributed by atoms with Crippen LogP contribution in [0.3, 0.4) is 0 Å². The molecule has 0 fully saturated rings. The minimum Gasteiger partial charge on any atom is -0.311 e. The second-order valence-electron chi connectivity index (χ2n) is 6.99. The average Bonchev–Trinajstić information content (AvgIpc) is 3.27. The van der Waals surface area contributed by atoms with Crippen molar-refractivity contribution in [2.75, 3.05) is 11.4 Å². The third kappa shape index (κ3) is 4.06. The highest BCUT2D eigenvalue weighted by Gasteiger charge is 2.20. The van der Waals surface area contributed by atoms with E-state index in [4.69, 9.17) is 0 Å². The Balaban J connectivity index is 1.76. The van der Waals surface area contributed by atoms with Crippen LogP contribution in [0.1, 0.15) is 12.5 Å². The van der Waals surface area contributed by atoms with Gasteiger partial charge >= 0.3 is 5.69 Å². The Morgan fingerprint density at radius 2 is 1.71 bits per heavy atom. The monoisotopic (exact) mass is 437 g/mol. The quantitative estimate of drug-likeness (QED) is 0.464. The topological polar surface area (TPSA) is 64.3 Å². The van der Waals surface area contributed by atoms with Gasteiger partial charge in [-0.05, 0) is 48.2 Å². The van der Waals surface area contributed by atoms with E-state index in [2.05, 4.69) is 0 Å². The van der Waals surface area contributed by atoms with Crippen molar-refractivity contribution in [2.45, 2.75) is 20.0 Å². The molecule has 31 heavy (non-hydrogen) atoms. The molecule has 0 aliphatic rings. The van der Waals surface area contributed by atoms with Crippen LogP contribution in [-0.4, -0.2) is 21.6 Å². The largest absolute Gasteiger partial charge is 0.332 e. The molecule has 6 nitrogen and oxygen atoms in total. The maximum Gasteiger partial charge on any atom is 0.332 e. The number of thiophene rings is 1. The summed E-state index contributed by atoms with van der Waals surface area (Å²) in [4.78, 5) is 40.9. The lowest BCUT2D eigenvalue weighted by molar-refractivity contribution is -0.119. The molecular formula is C23H20FN3O3S. The molecule has 4 rings (SSSR count). The van der Waals surface area contributed by atoms with Gasteiger partial charge in [-0.15, -0.1) is 11.3 Å². The molecule has 0 unspecified atom stereocenters. The van der Waals surface area contributed by atoms with E-state index in [9.17, 15) is 18.8 Å². The molecule has 0 bridgehead atoms. The zero-order chi connectivity index (χ0) is 22.0. The smallest absolute Gasteiger partial charge is 0.311 e. The lowest BCUT2D eigenvalue weighted by Crippen LogP contribution is -2.43. The Labute approximate surface area is 181 Å². The standard InChI is InChI=1S/C23H20FN3O3S/c1-2-25(18-6-4-3-5-7-18)20(28)15-26-19-12-13-31-21(19)22(29)27(23(26)30)14-16-8-10-17(24)11-9-16/h3-13H,2,14-15H2,1H3. The fourth-order valence-electron chi connectivity index (χ4n) is 3.53. The van der Waals surface area contributed by atoms with E-state index < -0.39 is 17.1 Å². The van der Waals surface area contributed by atoms with E-state index in [1.54, 1.807) is 16.3 Å². The Morgan fingerprint density at radius 3 is 2.39 bits per heavy atom. The first kappa shape index (κ1) is 20.7. The predicted octanol–water partition coefficient (Wildman–Crippen LogP) is 3.47. The summed E-state index contributed by atoms with van der Waals surface area (Å²) in [6.45, 7) is 2.11. The summed E-state index contributed by atoms with van der Waals surface area (Å²) in [7, 11) is 0. The molecule has 0 atom stereocenters. The third-order valence-corrected chi connectivity index (χ3v) is 5.96. The van der Waals surface area contributed by atoms with Crippen LogP contribution < -0.4 is 16.1 Å². The second-order valence-corrected chi connectivity index (χ2v) is 7.91. The van der Waals surface area contributed by atoms with E-state index in [1.807, 2.05) is 37.3 Å². The van der Waals surface area contributed by atoms with Gasteiger partial charge in [-0.1, -0.05) is 30.3 Å². The Bertz CT molecular complexity index is 1340. The van der Waals surface area contributed by atoms with Crippen LogP contribution in [0.25, 0.3) is 10.2 Å².